The topological polar surface area (TPSA) is 75.3 Å². The number of Topliss-reactive ketones (excluding diaryl/α,β-unsaturated/α-hetero) is 1. The summed E-state index contributed by atoms with van der Waals surface area (Å²) in [4.78, 5) is 26.1. The van der Waals surface area contributed by atoms with Crippen molar-refractivity contribution in [3.05, 3.63) is 72.9 Å². The molecule has 40 heavy (non-hydrogen) atoms. The Morgan fingerprint density at radius 1 is 1.10 bits per heavy atom. The molecule has 1 atom stereocenters. The molecule has 1 aliphatic heterocycles. The Labute approximate surface area is 270 Å². The number of halogens is 4. The molecule has 0 aromatic heterocycles. The summed E-state index contributed by atoms with van der Waals surface area (Å²) in [6.07, 6.45) is 0.902. The van der Waals surface area contributed by atoms with Crippen molar-refractivity contribution >= 4 is 101 Å². The second-order valence-electron chi connectivity index (χ2n) is 10.0. The van der Waals surface area contributed by atoms with Crippen LogP contribution in [0, 0.1) is 18.8 Å². The normalized spacial score (nSPS) is 14.5. The summed E-state index contributed by atoms with van der Waals surface area (Å²) in [6, 6.07) is 12.6. The van der Waals surface area contributed by atoms with E-state index in [1.165, 1.54) is 44.0 Å². The van der Waals surface area contributed by atoms with E-state index in [-0.39, 0.29) is 26.6 Å². The number of ketones is 1. The molecule has 5 nitrogen and oxygen atoms in total. The summed E-state index contributed by atoms with van der Waals surface area (Å²) in [6.45, 7) is 4.89. The maximum absolute atomic E-state index is 15.6. The van der Waals surface area contributed by atoms with Crippen molar-refractivity contribution in [3.63, 3.8) is 0 Å². The zero-order valence-corrected chi connectivity index (χ0v) is 32.2. The van der Waals surface area contributed by atoms with Gasteiger partial charge in [-0.05, 0) is 25.0 Å². The van der Waals surface area contributed by atoms with Gasteiger partial charge in [-0.15, -0.1) is 0 Å². The number of carbonyl (C=O) groups is 2. The van der Waals surface area contributed by atoms with Crippen LogP contribution < -0.4 is 19.1 Å². The number of amides is 2. The van der Waals surface area contributed by atoms with E-state index in [0.29, 0.717) is 49.7 Å². The van der Waals surface area contributed by atoms with Gasteiger partial charge in [-0.3, -0.25) is 0 Å². The van der Waals surface area contributed by atoms with Crippen LogP contribution in [0.5, 0.6) is 0 Å². The third-order valence-electron chi connectivity index (χ3n) is 6.56. The minimum absolute atomic E-state index is 0.0809. The molecule has 1 heterocycles. The summed E-state index contributed by atoms with van der Waals surface area (Å²) in [5.41, 5.74) is 1.77. The zero-order chi connectivity index (χ0) is 29.2. The van der Waals surface area contributed by atoms with Crippen molar-refractivity contribution < 1.29 is 22.9 Å². The average molecular weight is 982 g/mol. The van der Waals surface area contributed by atoms with Gasteiger partial charge in [-0.2, -0.15) is 0 Å². The van der Waals surface area contributed by atoms with Gasteiger partial charge in [0, 0.05) is 0 Å². The van der Waals surface area contributed by atoms with Crippen LogP contribution in [0.25, 0.3) is 11.1 Å². The standard InChI is InChI=1S/C29H30F2I2N2O3P.Tl/c1-4-6-24(35-29(37)34-20-12-10-19(11-13-20)33-15-16-33)25(36)17-18-9-14-21(27(32)26(18)31)22-7-5-8-23(30)28(22)39(2,3)38;/h5,7-12,14,24H,4,6,15-17H2,1-3H3,(H2,34,35,37);/t24-;/m1./s1. The molecule has 0 saturated carbocycles. The van der Waals surface area contributed by atoms with Gasteiger partial charge in [0.1, 0.15) is 13.0 Å². The van der Waals surface area contributed by atoms with Crippen molar-refractivity contribution in [2.24, 2.45) is 0 Å². The fourth-order valence-corrected chi connectivity index (χ4v) is 13.6. The molecule has 0 aliphatic carbocycles. The number of benzene rings is 3. The van der Waals surface area contributed by atoms with E-state index >= 15 is 4.39 Å². The van der Waals surface area contributed by atoms with E-state index in [1.807, 2.05) is 35.6 Å². The van der Waals surface area contributed by atoms with Crippen molar-refractivity contribution in [1.82, 2.24) is 5.32 Å². The molecule has 3 aromatic rings. The Balaban J connectivity index is 1.50. The Hall–Kier alpha value is -0.928. The van der Waals surface area contributed by atoms with Crippen molar-refractivity contribution in [2.45, 2.75) is 32.2 Å². The van der Waals surface area contributed by atoms with E-state index in [9.17, 15) is 18.5 Å². The third kappa shape index (κ3) is 7.72. The van der Waals surface area contributed by atoms with Gasteiger partial charge >= 0.3 is 209 Å². The van der Waals surface area contributed by atoms with Crippen LogP contribution in [-0.4, -0.2) is 65.8 Å². The number of hydrogen-bond acceptors (Lipinski definition) is 3. The molecule has 2 N–H and O–H groups in total. The zero-order valence-electron chi connectivity index (χ0n) is 22.5. The predicted octanol–water partition coefficient (Wildman–Crippen LogP) is 6.07. The van der Waals surface area contributed by atoms with Crippen molar-refractivity contribution in [1.29, 1.82) is 0 Å². The number of rotatable bonds is 10. The molecule has 0 bridgehead atoms. The fraction of sp³-hybridized carbons (Fsp3) is 0.310. The molecule has 0 spiro atoms. The first kappa shape index (κ1) is 32.0. The Morgan fingerprint density at radius 2 is 1.82 bits per heavy atom. The summed E-state index contributed by atoms with van der Waals surface area (Å²) in [7, 11) is -2.99. The number of nitrogens with one attached hydrogen (secondary N) is 2. The first-order chi connectivity index (χ1) is 18.9. The number of anilines is 1. The first-order valence-corrected chi connectivity index (χ1v) is 22.9. The van der Waals surface area contributed by atoms with Gasteiger partial charge < -0.3 is 4.57 Å². The van der Waals surface area contributed by atoms with E-state index < -0.39 is 50.7 Å². The molecule has 2 amide bonds. The van der Waals surface area contributed by atoms with Crippen LogP contribution in [0.4, 0.5) is 19.3 Å². The van der Waals surface area contributed by atoms with Crippen LogP contribution in [0.15, 0.2) is 48.5 Å². The molecule has 0 radical (unpaired) electrons. The van der Waals surface area contributed by atoms with Gasteiger partial charge in [-0.25, -0.2) is 4.39 Å². The van der Waals surface area contributed by atoms with E-state index in [1.54, 1.807) is 12.1 Å². The second-order valence-corrected chi connectivity index (χ2v) is 22.7. The van der Waals surface area contributed by atoms with Crippen LogP contribution in [-0.2, 0) is 15.8 Å². The van der Waals surface area contributed by atoms with Gasteiger partial charge in [0.05, 0.1) is 5.30 Å². The summed E-state index contributed by atoms with van der Waals surface area (Å²) in [5, 5.41) is 5.78. The third-order valence-corrected chi connectivity index (χ3v) is 15.6. The molecule has 210 valence electrons. The van der Waals surface area contributed by atoms with Gasteiger partial charge in [-0.1, -0.05) is 12.1 Å². The van der Waals surface area contributed by atoms with Gasteiger partial charge in [0.2, 0.25) is 0 Å². The molecule has 11 heteroatoms. The van der Waals surface area contributed by atoms with Crippen LogP contribution >= 0.6 is 49.6 Å². The molecular formula is C29H30F2I2N2O3PTl. The number of carbonyl (C=O) groups excluding carboxylic acids is 2. The molecule has 4 rings (SSSR count). The molecule has 1 fully saturated rings. The summed E-state index contributed by atoms with van der Waals surface area (Å²) < 4.78 is 48.6. The minimum atomic E-state index is -2.99. The van der Waals surface area contributed by atoms with E-state index in [0.717, 1.165) is 8.81 Å². The molecule has 1 saturated heterocycles. The van der Waals surface area contributed by atoms with E-state index in [4.69, 9.17) is 0 Å². The molecule has 0 unspecified atom stereocenters. The monoisotopic (exact) mass is 982 g/mol. The van der Waals surface area contributed by atoms with Crippen molar-refractivity contribution in [3.8, 4) is 11.1 Å². The van der Waals surface area contributed by atoms with Gasteiger partial charge in [0.25, 0.3) is 0 Å². The Morgan fingerprint density at radius 3 is 2.45 bits per heavy atom. The maximum atomic E-state index is 15.6. The average Bonchev–Trinajstić information content (AvgIpc) is 3.72. The second kappa shape index (κ2) is 13.6. The van der Waals surface area contributed by atoms with Crippen molar-refractivity contribution in [2.75, 3.05) is 27.5 Å². The quantitative estimate of drug-likeness (QED) is 0.112. The van der Waals surface area contributed by atoms with Crippen LogP contribution in [0.1, 0.15) is 25.3 Å². The Bertz CT molecular complexity index is 1510. The fourth-order valence-electron chi connectivity index (χ4n) is 4.51. The summed E-state index contributed by atoms with van der Waals surface area (Å²) >= 11 is 1.55. The molecule has 1 aliphatic rings. The molecule has 3 aromatic carbocycles. The van der Waals surface area contributed by atoms with E-state index in [2.05, 4.69) is 22.8 Å². The number of hydrogen-bond donors (Lipinski definition) is 2. The molecular weight excluding hydrogens is 951 g/mol. The van der Waals surface area contributed by atoms with Crippen LogP contribution in [0.2, 0.25) is 0 Å². The number of urea groups is 1. The number of alkyl halides is 2. The van der Waals surface area contributed by atoms with Gasteiger partial charge in [0.15, 0.2) is 0 Å². The SMILES string of the molecule is CCC[C@@H](NC(=O)Nc1ccc(I2CC2)c[c]1[Tl])C(=O)Cc1ccc(-c2cccc(F)c2P(C)(C)=O)c(I)c1F. The Kier molecular flexibility index (Phi) is 10.9. The summed E-state index contributed by atoms with van der Waals surface area (Å²) in [5.74, 6) is -1.46. The van der Waals surface area contributed by atoms with Crippen LogP contribution in [0.3, 0.4) is 0 Å². The predicted molar refractivity (Wildman–Crippen MR) is 177 cm³/mol. The first-order valence-electron chi connectivity index (χ1n) is 12.8.